The number of carbonyl (C=O) groups is 1. The van der Waals surface area contributed by atoms with Crippen molar-refractivity contribution in [2.75, 3.05) is 26.1 Å². The Bertz CT molecular complexity index is 895. The van der Waals surface area contributed by atoms with Crippen molar-refractivity contribution in [1.29, 1.82) is 0 Å². The number of ether oxygens (including phenoxy) is 1. The van der Waals surface area contributed by atoms with Gasteiger partial charge in [-0.15, -0.1) is 0 Å². The second-order valence-electron chi connectivity index (χ2n) is 6.63. The monoisotopic (exact) mass is 420 g/mol. The number of hydrogen-bond donors (Lipinski definition) is 2. The number of thioether (sulfide) groups is 1. The van der Waals surface area contributed by atoms with Crippen molar-refractivity contribution >= 4 is 22.8 Å². The zero-order valence-electron chi connectivity index (χ0n) is 15.9. The largest absolute Gasteiger partial charge is 0.400 e. The van der Waals surface area contributed by atoms with E-state index < -0.39 is 17.2 Å². The number of aliphatic hydroxyl groups excluding tert-OH is 1. The van der Waals surface area contributed by atoms with E-state index in [9.17, 15) is 13.6 Å². The van der Waals surface area contributed by atoms with E-state index in [0.717, 1.165) is 19.6 Å². The quantitative estimate of drug-likeness (QED) is 0.782. The molecule has 1 fully saturated rings. The molecule has 1 amide bonds. The fraction of sp³-hybridized carbons (Fsp3) is 0.333. The van der Waals surface area contributed by atoms with E-state index in [1.807, 2.05) is 6.07 Å². The van der Waals surface area contributed by atoms with Crippen LogP contribution in [0.1, 0.15) is 22.3 Å². The van der Waals surface area contributed by atoms with E-state index in [-0.39, 0.29) is 18.4 Å². The summed E-state index contributed by atoms with van der Waals surface area (Å²) in [5.41, 5.74) is -0.134. The second kappa shape index (κ2) is 9.47. The minimum atomic E-state index is -0.958. The van der Waals surface area contributed by atoms with E-state index in [1.54, 1.807) is 24.3 Å². The highest BCUT2D eigenvalue weighted by atomic mass is 32.2. The Morgan fingerprint density at radius 2 is 2.00 bits per heavy atom. The molecule has 4 rings (SSSR count). The van der Waals surface area contributed by atoms with Gasteiger partial charge in [-0.3, -0.25) is 4.79 Å². The molecule has 2 atom stereocenters. The molecule has 0 spiro atoms. The van der Waals surface area contributed by atoms with Crippen LogP contribution in [0.5, 0.6) is 0 Å². The summed E-state index contributed by atoms with van der Waals surface area (Å²) in [6, 6.07) is 12.4. The molecule has 2 aliphatic rings. The number of amidine groups is 1. The molecule has 0 radical (unpaired) electrons. The molecule has 1 saturated heterocycles. The maximum atomic E-state index is 14.6. The number of rotatable bonds is 2. The van der Waals surface area contributed by atoms with Gasteiger partial charge in [0.2, 0.25) is 0 Å². The van der Waals surface area contributed by atoms with Crippen molar-refractivity contribution < 1.29 is 23.4 Å². The minimum Gasteiger partial charge on any atom is -0.400 e. The molecular weight excluding hydrogens is 398 g/mol. The van der Waals surface area contributed by atoms with Gasteiger partial charge in [-0.1, -0.05) is 36.0 Å². The van der Waals surface area contributed by atoms with Crippen LogP contribution in [-0.2, 0) is 10.3 Å². The molecular formula is C21H22F2N2O3S. The van der Waals surface area contributed by atoms with Crippen molar-refractivity contribution in [3.63, 3.8) is 0 Å². The van der Waals surface area contributed by atoms with Crippen molar-refractivity contribution in [2.45, 2.75) is 12.0 Å². The Labute approximate surface area is 172 Å². The van der Waals surface area contributed by atoms with Gasteiger partial charge in [0.15, 0.2) is 5.17 Å². The number of hydrogen-bond acceptors (Lipinski definition) is 5. The predicted molar refractivity (Wildman–Crippen MR) is 109 cm³/mol. The topological polar surface area (TPSA) is 70.9 Å². The van der Waals surface area contributed by atoms with Gasteiger partial charge >= 0.3 is 0 Å². The molecule has 2 aliphatic heterocycles. The molecule has 8 heteroatoms. The number of benzene rings is 2. The van der Waals surface area contributed by atoms with Crippen molar-refractivity contribution in [3.8, 4) is 0 Å². The first-order valence-electron chi connectivity index (χ1n) is 9.15. The van der Waals surface area contributed by atoms with Crippen LogP contribution >= 0.6 is 11.8 Å². The Morgan fingerprint density at radius 3 is 2.72 bits per heavy atom. The highest BCUT2D eigenvalue weighted by Crippen LogP contribution is 2.45. The number of nitrogens with zero attached hydrogens (tertiary/aromatic N) is 1. The van der Waals surface area contributed by atoms with Gasteiger partial charge in [0.05, 0.1) is 6.61 Å². The highest BCUT2D eigenvalue weighted by Gasteiger charge is 2.47. The summed E-state index contributed by atoms with van der Waals surface area (Å²) < 4.78 is 33.6. The predicted octanol–water partition coefficient (Wildman–Crippen LogP) is 3.34. The zero-order chi connectivity index (χ0) is 20.9. The van der Waals surface area contributed by atoms with Gasteiger partial charge in [-0.05, 0) is 24.6 Å². The molecule has 0 bridgehead atoms. The second-order valence-corrected chi connectivity index (χ2v) is 7.64. The van der Waals surface area contributed by atoms with Crippen LogP contribution < -0.4 is 5.32 Å². The van der Waals surface area contributed by atoms with Crippen molar-refractivity contribution in [1.82, 2.24) is 5.32 Å². The Morgan fingerprint density at radius 1 is 1.24 bits per heavy atom. The summed E-state index contributed by atoms with van der Waals surface area (Å²) in [5, 5.41) is 10.2. The summed E-state index contributed by atoms with van der Waals surface area (Å²) in [4.78, 5) is 17.2. The average Bonchev–Trinajstić information content (AvgIpc) is 2.75. The third kappa shape index (κ3) is 4.49. The number of carbonyl (C=O) groups excluding carboxylic acids is 1. The van der Waals surface area contributed by atoms with Crippen molar-refractivity contribution in [2.24, 2.45) is 10.9 Å². The summed E-state index contributed by atoms with van der Waals surface area (Å²) in [6.45, 7) is 0.780. The first-order chi connectivity index (χ1) is 14.1. The van der Waals surface area contributed by atoms with Crippen LogP contribution in [0, 0.1) is 17.6 Å². The number of nitrogens with one attached hydrogen (secondary N) is 1. The van der Waals surface area contributed by atoms with E-state index in [4.69, 9.17) is 14.8 Å². The molecule has 29 heavy (non-hydrogen) atoms. The Balaban J connectivity index is 0.00000117. The lowest BCUT2D eigenvalue weighted by Crippen LogP contribution is -2.49. The first-order valence-corrected chi connectivity index (χ1v) is 10.1. The fourth-order valence-corrected chi connectivity index (χ4v) is 4.76. The van der Waals surface area contributed by atoms with Crippen molar-refractivity contribution in [3.05, 3.63) is 71.3 Å². The lowest BCUT2D eigenvalue weighted by atomic mass is 9.76. The zero-order valence-corrected chi connectivity index (χ0v) is 16.7. The van der Waals surface area contributed by atoms with Crippen LogP contribution in [0.2, 0.25) is 0 Å². The molecule has 2 N–H and O–H groups in total. The molecule has 154 valence electrons. The van der Waals surface area contributed by atoms with Crippen LogP contribution in [-0.4, -0.2) is 42.3 Å². The molecule has 5 nitrogen and oxygen atoms in total. The molecule has 2 heterocycles. The lowest BCUT2D eigenvalue weighted by molar-refractivity contribution is 0.00285. The molecule has 2 aromatic carbocycles. The van der Waals surface area contributed by atoms with Gasteiger partial charge in [-0.2, -0.15) is 0 Å². The molecule has 2 unspecified atom stereocenters. The average molecular weight is 420 g/mol. The van der Waals surface area contributed by atoms with E-state index in [0.29, 0.717) is 28.7 Å². The summed E-state index contributed by atoms with van der Waals surface area (Å²) >= 11 is 1.44. The SMILES string of the molecule is CO.O=C(NC1=NC2(c3ccc(F)cc3F)COCCC2CS1)c1ccccc1. The summed E-state index contributed by atoms with van der Waals surface area (Å²) in [7, 11) is 1.00. The molecule has 0 saturated carbocycles. The van der Waals surface area contributed by atoms with E-state index >= 15 is 0 Å². The number of aliphatic hydroxyl groups is 1. The normalized spacial score (nSPS) is 23.2. The Kier molecular flexibility index (Phi) is 7.00. The summed E-state index contributed by atoms with van der Waals surface area (Å²) in [6.07, 6.45) is 0.729. The van der Waals surface area contributed by atoms with Crippen LogP contribution in [0.15, 0.2) is 53.5 Å². The Hall–Kier alpha value is -2.29. The number of aliphatic imine (C=N–C) groups is 1. The van der Waals surface area contributed by atoms with Gasteiger partial charge in [0, 0.05) is 42.6 Å². The maximum Gasteiger partial charge on any atom is 0.257 e. The molecule has 2 aromatic rings. The van der Waals surface area contributed by atoms with E-state index in [1.165, 1.54) is 23.9 Å². The minimum absolute atomic E-state index is 0.0496. The van der Waals surface area contributed by atoms with E-state index in [2.05, 4.69) is 5.32 Å². The van der Waals surface area contributed by atoms with Gasteiger partial charge in [0.25, 0.3) is 5.91 Å². The van der Waals surface area contributed by atoms with Crippen LogP contribution in [0.4, 0.5) is 8.78 Å². The van der Waals surface area contributed by atoms with Gasteiger partial charge in [-0.25, -0.2) is 13.8 Å². The maximum absolute atomic E-state index is 14.6. The third-order valence-electron chi connectivity index (χ3n) is 4.98. The van der Waals surface area contributed by atoms with Crippen LogP contribution in [0.3, 0.4) is 0 Å². The van der Waals surface area contributed by atoms with Gasteiger partial charge < -0.3 is 15.2 Å². The number of halogens is 2. The van der Waals surface area contributed by atoms with Crippen LogP contribution in [0.25, 0.3) is 0 Å². The standard InChI is InChI=1S/C20H18F2N2O2S.CH4O/c21-15-6-7-16(17(22)10-15)20-12-26-9-8-14(20)11-27-19(24-20)23-18(25)13-4-2-1-3-5-13;1-2/h1-7,10,14H,8-9,11-12H2,(H,23,24,25);2H,1H3. The first kappa shape index (κ1) is 21.4. The third-order valence-corrected chi connectivity index (χ3v) is 6.02. The number of amides is 1. The lowest BCUT2D eigenvalue weighted by Gasteiger charge is -2.44. The molecule has 0 aliphatic carbocycles. The smallest absolute Gasteiger partial charge is 0.257 e. The summed E-state index contributed by atoms with van der Waals surface area (Å²) in [5.74, 6) is -0.823. The molecule has 0 aromatic heterocycles. The van der Waals surface area contributed by atoms with Gasteiger partial charge in [0.1, 0.15) is 17.2 Å². The number of fused-ring (bicyclic) bond motifs is 1. The fourth-order valence-electron chi connectivity index (χ4n) is 3.57. The highest BCUT2D eigenvalue weighted by molar-refractivity contribution is 8.13.